The van der Waals surface area contributed by atoms with Crippen molar-refractivity contribution in [3.8, 4) is 0 Å². The Morgan fingerprint density at radius 2 is 2.40 bits per heavy atom. The van der Waals surface area contributed by atoms with E-state index >= 15 is 0 Å². The Labute approximate surface area is 100 Å². The van der Waals surface area contributed by atoms with Crippen LogP contribution in [0, 0.1) is 5.92 Å². The highest BCUT2D eigenvalue weighted by atomic mass is 35.5. The highest BCUT2D eigenvalue weighted by molar-refractivity contribution is 7.14. The fourth-order valence-corrected chi connectivity index (χ4v) is 3.16. The van der Waals surface area contributed by atoms with Gasteiger partial charge in [0, 0.05) is 18.5 Å². The number of aromatic nitrogens is 1. The molecule has 4 heteroatoms. The summed E-state index contributed by atoms with van der Waals surface area (Å²) in [5, 5.41) is 3.64. The van der Waals surface area contributed by atoms with E-state index in [1.54, 1.807) is 11.3 Å². The summed E-state index contributed by atoms with van der Waals surface area (Å²) in [6.07, 6.45) is 5.27. The van der Waals surface area contributed by atoms with Crippen LogP contribution in [0.15, 0.2) is 5.38 Å². The zero-order chi connectivity index (χ0) is 10.7. The van der Waals surface area contributed by atoms with Crippen molar-refractivity contribution in [2.75, 3.05) is 18.0 Å². The Balaban J connectivity index is 1.99. The van der Waals surface area contributed by atoms with Gasteiger partial charge >= 0.3 is 0 Å². The van der Waals surface area contributed by atoms with Crippen molar-refractivity contribution in [1.82, 2.24) is 4.98 Å². The second-order valence-electron chi connectivity index (χ2n) is 4.15. The van der Waals surface area contributed by atoms with Crippen LogP contribution in [0.25, 0.3) is 0 Å². The van der Waals surface area contributed by atoms with Crippen LogP contribution in [0.4, 0.5) is 5.13 Å². The van der Waals surface area contributed by atoms with E-state index in [1.165, 1.54) is 25.7 Å². The molecule has 1 aliphatic rings. The SMILES string of the molecule is CCC1CCCN(c2nc(Cl)cs2)CC1. The summed E-state index contributed by atoms with van der Waals surface area (Å²) in [5.41, 5.74) is 0. The molecule has 2 nitrogen and oxygen atoms in total. The van der Waals surface area contributed by atoms with Crippen LogP contribution in [-0.2, 0) is 0 Å². The van der Waals surface area contributed by atoms with E-state index in [9.17, 15) is 0 Å². The fraction of sp³-hybridized carbons (Fsp3) is 0.727. The summed E-state index contributed by atoms with van der Waals surface area (Å²) in [6.45, 7) is 4.57. The molecular weight excluding hydrogens is 228 g/mol. The first-order valence-electron chi connectivity index (χ1n) is 5.65. The van der Waals surface area contributed by atoms with Gasteiger partial charge in [-0.05, 0) is 25.2 Å². The van der Waals surface area contributed by atoms with Gasteiger partial charge in [0.15, 0.2) is 5.13 Å². The molecule has 1 aromatic heterocycles. The van der Waals surface area contributed by atoms with Gasteiger partial charge in [0.05, 0.1) is 0 Å². The minimum atomic E-state index is 0.631. The van der Waals surface area contributed by atoms with Gasteiger partial charge in [-0.3, -0.25) is 0 Å². The largest absolute Gasteiger partial charge is 0.348 e. The minimum absolute atomic E-state index is 0.631. The van der Waals surface area contributed by atoms with E-state index in [2.05, 4.69) is 16.8 Å². The minimum Gasteiger partial charge on any atom is -0.348 e. The molecule has 1 unspecified atom stereocenters. The van der Waals surface area contributed by atoms with E-state index in [0.717, 1.165) is 24.1 Å². The van der Waals surface area contributed by atoms with Gasteiger partial charge < -0.3 is 4.90 Å². The van der Waals surface area contributed by atoms with Gasteiger partial charge in [0.25, 0.3) is 0 Å². The lowest BCUT2D eigenvalue weighted by Crippen LogP contribution is -2.23. The fourth-order valence-electron chi connectivity index (χ4n) is 2.16. The molecule has 0 saturated carbocycles. The summed E-state index contributed by atoms with van der Waals surface area (Å²) >= 11 is 7.51. The van der Waals surface area contributed by atoms with Crippen LogP contribution in [0.5, 0.6) is 0 Å². The first-order chi connectivity index (χ1) is 7.29. The number of hydrogen-bond donors (Lipinski definition) is 0. The van der Waals surface area contributed by atoms with Gasteiger partial charge in [-0.2, -0.15) is 0 Å². The quantitative estimate of drug-likeness (QED) is 0.787. The molecule has 1 aliphatic heterocycles. The summed E-state index contributed by atoms with van der Waals surface area (Å²) in [5.74, 6) is 0.908. The topological polar surface area (TPSA) is 16.1 Å². The lowest BCUT2D eigenvalue weighted by atomic mass is 9.98. The molecule has 0 spiro atoms. The van der Waals surface area contributed by atoms with Crippen molar-refractivity contribution in [1.29, 1.82) is 0 Å². The van der Waals surface area contributed by atoms with Gasteiger partial charge in [0.1, 0.15) is 5.15 Å². The first-order valence-corrected chi connectivity index (χ1v) is 6.91. The zero-order valence-electron chi connectivity index (χ0n) is 9.08. The average molecular weight is 245 g/mol. The normalized spacial score (nSPS) is 22.8. The summed E-state index contributed by atoms with van der Waals surface area (Å²) in [6, 6.07) is 0. The van der Waals surface area contributed by atoms with Gasteiger partial charge in [-0.25, -0.2) is 4.98 Å². The molecule has 0 amide bonds. The molecular formula is C11H17ClN2S. The molecule has 84 valence electrons. The summed E-state index contributed by atoms with van der Waals surface area (Å²) in [7, 11) is 0. The lowest BCUT2D eigenvalue weighted by molar-refractivity contribution is 0.459. The molecule has 0 N–H and O–H groups in total. The second kappa shape index (κ2) is 5.17. The molecule has 1 saturated heterocycles. The summed E-state index contributed by atoms with van der Waals surface area (Å²) in [4.78, 5) is 6.72. The smallest absolute Gasteiger partial charge is 0.186 e. The van der Waals surface area contributed by atoms with Crippen molar-refractivity contribution in [2.45, 2.75) is 32.6 Å². The van der Waals surface area contributed by atoms with Gasteiger partial charge in [-0.15, -0.1) is 11.3 Å². The van der Waals surface area contributed by atoms with Crippen LogP contribution < -0.4 is 4.90 Å². The van der Waals surface area contributed by atoms with Gasteiger partial charge in [-0.1, -0.05) is 24.9 Å². The first kappa shape index (κ1) is 11.2. The number of hydrogen-bond acceptors (Lipinski definition) is 3. The molecule has 15 heavy (non-hydrogen) atoms. The lowest BCUT2D eigenvalue weighted by Gasteiger charge is -2.18. The third kappa shape index (κ3) is 2.85. The van der Waals surface area contributed by atoms with Crippen molar-refractivity contribution < 1.29 is 0 Å². The molecule has 2 rings (SSSR count). The highest BCUT2D eigenvalue weighted by Gasteiger charge is 2.17. The van der Waals surface area contributed by atoms with Crippen LogP contribution in [-0.4, -0.2) is 18.1 Å². The number of rotatable bonds is 2. The van der Waals surface area contributed by atoms with Crippen LogP contribution >= 0.6 is 22.9 Å². The molecule has 2 heterocycles. The Kier molecular flexibility index (Phi) is 3.87. The molecule has 1 fully saturated rings. The van der Waals surface area contributed by atoms with Crippen molar-refractivity contribution in [3.05, 3.63) is 10.5 Å². The monoisotopic (exact) mass is 244 g/mol. The van der Waals surface area contributed by atoms with Crippen LogP contribution in [0.1, 0.15) is 32.6 Å². The number of anilines is 1. The molecule has 1 aromatic rings. The Morgan fingerprint density at radius 1 is 1.53 bits per heavy atom. The van der Waals surface area contributed by atoms with Crippen molar-refractivity contribution in [3.63, 3.8) is 0 Å². The van der Waals surface area contributed by atoms with Crippen LogP contribution in [0.2, 0.25) is 5.15 Å². The molecule has 0 aromatic carbocycles. The highest BCUT2D eigenvalue weighted by Crippen LogP contribution is 2.27. The maximum absolute atomic E-state index is 5.85. The second-order valence-corrected chi connectivity index (χ2v) is 5.37. The van der Waals surface area contributed by atoms with E-state index in [-0.39, 0.29) is 0 Å². The molecule has 1 atom stereocenters. The Hall–Kier alpha value is -0.280. The number of halogens is 1. The molecule has 0 radical (unpaired) electrons. The molecule has 0 bridgehead atoms. The summed E-state index contributed by atoms with van der Waals surface area (Å²) < 4.78 is 0. The van der Waals surface area contributed by atoms with Gasteiger partial charge in [0.2, 0.25) is 0 Å². The standard InChI is InChI=1S/C11H17ClN2S/c1-2-9-4-3-6-14(7-5-9)11-13-10(12)8-15-11/h8-9H,2-7H2,1H3. The maximum atomic E-state index is 5.85. The maximum Gasteiger partial charge on any atom is 0.186 e. The number of nitrogens with zero attached hydrogens (tertiary/aromatic N) is 2. The Morgan fingerprint density at radius 3 is 3.07 bits per heavy atom. The van der Waals surface area contributed by atoms with Crippen LogP contribution in [0.3, 0.4) is 0 Å². The zero-order valence-corrected chi connectivity index (χ0v) is 10.7. The molecule has 0 aliphatic carbocycles. The van der Waals surface area contributed by atoms with E-state index < -0.39 is 0 Å². The Bertz CT molecular complexity index is 313. The predicted octanol–water partition coefficient (Wildman–Crippen LogP) is 3.81. The van der Waals surface area contributed by atoms with E-state index in [4.69, 9.17) is 11.6 Å². The predicted molar refractivity (Wildman–Crippen MR) is 67.0 cm³/mol. The van der Waals surface area contributed by atoms with Crippen molar-refractivity contribution in [2.24, 2.45) is 5.92 Å². The van der Waals surface area contributed by atoms with Crippen molar-refractivity contribution >= 4 is 28.1 Å². The number of thiazole rings is 1. The average Bonchev–Trinajstić information content (AvgIpc) is 2.54. The van der Waals surface area contributed by atoms with E-state index in [1.807, 2.05) is 5.38 Å². The third-order valence-electron chi connectivity index (χ3n) is 3.16. The van der Waals surface area contributed by atoms with E-state index in [0.29, 0.717) is 5.15 Å². The third-order valence-corrected chi connectivity index (χ3v) is 4.38.